The van der Waals surface area contributed by atoms with Gasteiger partial charge in [-0.05, 0) is 55.0 Å². The van der Waals surface area contributed by atoms with E-state index in [1.54, 1.807) is 25.3 Å². The van der Waals surface area contributed by atoms with Crippen LogP contribution in [0.25, 0.3) is 6.08 Å². The number of nitro benzene ring substituents is 1. The molecule has 0 aliphatic rings. The quantitative estimate of drug-likeness (QED) is 0.125. The van der Waals surface area contributed by atoms with Crippen LogP contribution in [0, 0.1) is 17.0 Å². The summed E-state index contributed by atoms with van der Waals surface area (Å²) < 4.78 is 11.2. The van der Waals surface area contributed by atoms with Crippen molar-refractivity contribution in [3.8, 4) is 11.5 Å². The number of nitrogens with zero attached hydrogens (tertiary/aromatic N) is 2. The van der Waals surface area contributed by atoms with Crippen molar-refractivity contribution in [2.45, 2.75) is 13.5 Å². The zero-order valence-corrected chi connectivity index (χ0v) is 18.6. The Morgan fingerprint density at radius 2 is 1.79 bits per heavy atom. The molecule has 0 amide bonds. The van der Waals surface area contributed by atoms with Gasteiger partial charge in [0.25, 0.3) is 5.69 Å². The lowest BCUT2D eigenvalue weighted by Gasteiger charge is -2.11. The lowest BCUT2D eigenvalue weighted by Crippen LogP contribution is -2.14. The molecule has 0 bridgehead atoms. The van der Waals surface area contributed by atoms with Crippen molar-refractivity contribution in [2.75, 3.05) is 7.11 Å². The van der Waals surface area contributed by atoms with E-state index in [2.05, 4.69) is 5.16 Å². The molecule has 9 heteroatoms. The van der Waals surface area contributed by atoms with E-state index in [1.807, 2.05) is 37.3 Å². The number of non-ortho nitro benzene ring substituents is 1. The minimum Gasteiger partial charge on any atom is -0.496 e. The van der Waals surface area contributed by atoms with Crippen LogP contribution in [0.3, 0.4) is 0 Å². The molecular formula is C25H23N3O6. The van der Waals surface area contributed by atoms with E-state index in [0.29, 0.717) is 11.3 Å². The van der Waals surface area contributed by atoms with Crippen LogP contribution < -0.4 is 15.2 Å². The van der Waals surface area contributed by atoms with Gasteiger partial charge in [0.1, 0.15) is 18.1 Å². The molecule has 2 N–H and O–H groups in total. The maximum absolute atomic E-state index is 12.0. The normalized spacial score (nSPS) is 11.3. The van der Waals surface area contributed by atoms with Crippen molar-refractivity contribution >= 4 is 23.6 Å². The van der Waals surface area contributed by atoms with Crippen molar-refractivity contribution in [1.29, 1.82) is 0 Å². The molecule has 0 radical (unpaired) electrons. The molecule has 0 fully saturated rings. The van der Waals surface area contributed by atoms with E-state index >= 15 is 0 Å². The van der Waals surface area contributed by atoms with Crippen molar-refractivity contribution in [1.82, 2.24) is 0 Å². The number of aryl methyl sites for hydroxylation is 1. The summed E-state index contributed by atoms with van der Waals surface area (Å²) in [5.74, 6) is 0.572. The Labute approximate surface area is 196 Å². The van der Waals surface area contributed by atoms with E-state index in [1.165, 1.54) is 30.3 Å². The van der Waals surface area contributed by atoms with E-state index < -0.39 is 10.9 Å². The molecule has 0 heterocycles. The molecule has 0 saturated carbocycles. The average molecular weight is 461 g/mol. The van der Waals surface area contributed by atoms with Crippen molar-refractivity contribution in [2.24, 2.45) is 10.9 Å². The molecule has 0 unspecified atom stereocenters. The fourth-order valence-corrected chi connectivity index (χ4v) is 2.91. The zero-order chi connectivity index (χ0) is 24.5. The number of carbonyl (C=O) groups is 1. The third kappa shape index (κ3) is 6.67. The summed E-state index contributed by atoms with van der Waals surface area (Å²) in [5, 5.41) is 14.3. The number of ether oxygens (including phenoxy) is 2. The van der Waals surface area contributed by atoms with Gasteiger partial charge in [0.05, 0.1) is 12.0 Å². The van der Waals surface area contributed by atoms with Crippen LogP contribution in [0.5, 0.6) is 11.5 Å². The molecule has 34 heavy (non-hydrogen) atoms. The van der Waals surface area contributed by atoms with Gasteiger partial charge in [-0.3, -0.25) is 10.1 Å². The van der Waals surface area contributed by atoms with Crippen LogP contribution in [0.2, 0.25) is 0 Å². The van der Waals surface area contributed by atoms with Crippen LogP contribution in [-0.2, 0) is 16.2 Å². The predicted octanol–water partition coefficient (Wildman–Crippen LogP) is 4.37. The first kappa shape index (κ1) is 24.0. The molecule has 3 rings (SSSR count). The standard InChI is InChI=1S/C25H23N3O6/c1-17-3-11-22(12-4-17)33-16-20-15-18(5-13-23(20)32-2)6-14-24(29)34-27-25(26)19-7-9-21(10-8-19)28(30)31/h3-15H,16H2,1-2H3,(H2,26,27)/b14-6-. The molecule has 174 valence electrons. The van der Waals surface area contributed by atoms with Crippen LogP contribution in [0.15, 0.2) is 78.0 Å². The molecule has 0 saturated heterocycles. The number of benzene rings is 3. The summed E-state index contributed by atoms with van der Waals surface area (Å²) >= 11 is 0. The first-order valence-corrected chi connectivity index (χ1v) is 10.2. The largest absolute Gasteiger partial charge is 0.496 e. The van der Waals surface area contributed by atoms with Gasteiger partial charge in [-0.2, -0.15) is 0 Å². The van der Waals surface area contributed by atoms with Gasteiger partial charge in [0, 0.05) is 29.3 Å². The Kier molecular flexibility index (Phi) is 7.96. The highest BCUT2D eigenvalue weighted by Crippen LogP contribution is 2.23. The highest BCUT2D eigenvalue weighted by molar-refractivity contribution is 5.98. The van der Waals surface area contributed by atoms with Crippen LogP contribution in [-0.4, -0.2) is 23.8 Å². The highest BCUT2D eigenvalue weighted by atomic mass is 16.7. The monoisotopic (exact) mass is 461 g/mol. The minimum atomic E-state index is -0.738. The Hall–Kier alpha value is -4.66. The molecule has 0 aliphatic heterocycles. The van der Waals surface area contributed by atoms with E-state index in [0.717, 1.165) is 22.4 Å². The van der Waals surface area contributed by atoms with Gasteiger partial charge < -0.3 is 20.0 Å². The lowest BCUT2D eigenvalue weighted by molar-refractivity contribution is -0.384. The van der Waals surface area contributed by atoms with Gasteiger partial charge in [0.15, 0.2) is 5.84 Å². The molecule has 3 aromatic rings. The highest BCUT2D eigenvalue weighted by Gasteiger charge is 2.08. The number of amidine groups is 1. The third-order valence-electron chi connectivity index (χ3n) is 4.74. The summed E-state index contributed by atoms with van der Waals surface area (Å²) in [6.45, 7) is 2.29. The number of nitro groups is 1. The van der Waals surface area contributed by atoms with Gasteiger partial charge in [-0.1, -0.05) is 28.9 Å². The first-order chi connectivity index (χ1) is 16.4. The molecule has 3 aromatic carbocycles. The number of hydrogen-bond acceptors (Lipinski definition) is 7. The number of hydrogen-bond donors (Lipinski definition) is 1. The van der Waals surface area contributed by atoms with Gasteiger partial charge in [-0.15, -0.1) is 0 Å². The Morgan fingerprint density at radius 3 is 2.44 bits per heavy atom. The maximum Gasteiger partial charge on any atom is 0.358 e. The molecule has 0 spiro atoms. The molecule has 0 atom stereocenters. The van der Waals surface area contributed by atoms with Crippen LogP contribution in [0.1, 0.15) is 22.3 Å². The van der Waals surface area contributed by atoms with Gasteiger partial charge in [-0.25, -0.2) is 4.79 Å². The molecule has 0 aromatic heterocycles. The molecule has 0 aliphatic carbocycles. The van der Waals surface area contributed by atoms with Gasteiger partial charge >= 0.3 is 5.97 Å². The summed E-state index contributed by atoms with van der Waals surface area (Å²) in [6.07, 6.45) is 2.77. The number of nitrogens with two attached hydrogens (primary N) is 1. The smallest absolute Gasteiger partial charge is 0.358 e. The maximum atomic E-state index is 12.0. The van der Waals surface area contributed by atoms with Crippen molar-refractivity contribution in [3.05, 3.63) is 105 Å². The Balaban J connectivity index is 1.62. The number of methoxy groups -OCH3 is 1. The van der Waals surface area contributed by atoms with Crippen LogP contribution in [0.4, 0.5) is 5.69 Å². The summed E-state index contributed by atoms with van der Waals surface area (Å²) in [7, 11) is 1.57. The SMILES string of the molecule is COc1ccc(/C=C\C(=O)O/N=C(\N)c2ccc([N+](=O)[O-])cc2)cc1COc1ccc(C)cc1. The third-order valence-corrected chi connectivity index (χ3v) is 4.74. The summed E-state index contributed by atoms with van der Waals surface area (Å²) in [5.41, 5.74) is 8.75. The molecule has 9 nitrogen and oxygen atoms in total. The lowest BCUT2D eigenvalue weighted by atomic mass is 10.1. The van der Waals surface area contributed by atoms with Gasteiger partial charge in [0.2, 0.25) is 0 Å². The van der Waals surface area contributed by atoms with E-state index in [4.69, 9.17) is 20.0 Å². The van der Waals surface area contributed by atoms with Crippen LogP contribution >= 0.6 is 0 Å². The predicted molar refractivity (Wildman–Crippen MR) is 127 cm³/mol. The Bertz CT molecular complexity index is 1220. The second-order valence-corrected chi connectivity index (χ2v) is 7.20. The Morgan fingerprint density at radius 1 is 1.09 bits per heavy atom. The second kappa shape index (κ2) is 11.3. The summed E-state index contributed by atoms with van der Waals surface area (Å²) in [6, 6.07) is 18.5. The van der Waals surface area contributed by atoms with Crippen molar-refractivity contribution in [3.63, 3.8) is 0 Å². The number of oxime groups is 1. The van der Waals surface area contributed by atoms with E-state index in [9.17, 15) is 14.9 Å². The zero-order valence-electron chi connectivity index (χ0n) is 18.6. The number of rotatable bonds is 9. The topological polar surface area (TPSA) is 126 Å². The van der Waals surface area contributed by atoms with E-state index in [-0.39, 0.29) is 18.1 Å². The number of carbonyl (C=O) groups excluding carboxylic acids is 1. The minimum absolute atomic E-state index is 0.0837. The molecular weight excluding hydrogens is 438 g/mol. The average Bonchev–Trinajstić information content (AvgIpc) is 2.85. The fourth-order valence-electron chi connectivity index (χ4n) is 2.91. The van der Waals surface area contributed by atoms with Crippen molar-refractivity contribution < 1.29 is 24.0 Å². The summed E-state index contributed by atoms with van der Waals surface area (Å²) in [4.78, 5) is 27.0. The first-order valence-electron chi connectivity index (χ1n) is 10.2. The fraction of sp³-hybridized carbons (Fsp3) is 0.120. The second-order valence-electron chi connectivity index (χ2n) is 7.20.